The third-order valence-electron chi connectivity index (χ3n) is 4.35. The van der Waals surface area contributed by atoms with Gasteiger partial charge < -0.3 is 5.32 Å². The molecule has 0 bridgehead atoms. The second-order valence-corrected chi connectivity index (χ2v) is 6.30. The molecule has 0 amide bonds. The predicted molar refractivity (Wildman–Crippen MR) is 84.7 cm³/mol. The molecule has 1 heterocycles. The van der Waals surface area contributed by atoms with Crippen molar-refractivity contribution in [3.8, 4) is 0 Å². The maximum atomic E-state index is 4.64. The molecule has 0 saturated heterocycles. The minimum Gasteiger partial charge on any atom is -0.314 e. The first-order valence-corrected chi connectivity index (χ1v) is 8.00. The van der Waals surface area contributed by atoms with Crippen molar-refractivity contribution < 1.29 is 0 Å². The Hall–Kier alpha value is -0.930. The second-order valence-electron chi connectivity index (χ2n) is 6.30. The highest BCUT2D eigenvalue weighted by molar-refractivity contribution is 5.10. The lowest BCUT2D eigenvalue weighted by Gasteiger charge is -2.44. The summed E-state index contributed by atoms with van der Waals surface area (Å²) < 4.78 is 0. The summed E-state index contributed by atoms with van der Waals surface area (Å²) in [5, 5.41) is 3.59. The molecule has 1 aliphatic rings. The van der Waals surface area contributed by atoms with E-state index in [1.54, 1.807) is 0 Å². The van der Waals surface area contributed by atoms with Gasteiger partial charge in [-0.2, -0.15) is 0 Å². The molecule has 0 spiro atoms. The molecule has 0 radical (unpaired) electrons. The molecule has 3 nitrogen and oxygen atoms in total. The minimum absolute atomic E-state index is 0.588. The number of pyridine rings is 1. The molecule has 2 unspecified atom stereocenters. The number of hydrogen-bond donors (Lipinski definition) is 1. The van der Waals surface area contributed by atoms with Crippen LogP contribution in [0.5, 0.6) is 0 Å². The Morgan fingerprint density at radius 1 is 1.35 bits per heavy atom. The second kappa shape index (κ2) is 7.19. The maximum absolute atomic E-state index is 4.64. The summed E-state index contributed by atoms with van der Waals surface area (Å²) in [6, 6.07) is 7.65. The first kappa shape index (κ1) is 15.5. The van der Waals surface area contributed by atoms with Gasteiger partial charge in [-0.15, -0.1) is 0 Å². The monoisotopic (exact) mass is 275 g/mol. The summed E-state index contributed by atoms with van der Waals surface area (Å²) in [4.78, 5) is 7.24. The Kier molecular flexibility index (Phi) is 5.55. The van der Waals surface area contributed by atoms with Crippen molar-refractivity contribution in [2.45, 2.75) is 59.2 Å². The van der Waals surface area contributed by atoms with Gasteiger partial charge in [0.15, 0.2) is 0 Å². The van der Waals surface area contributed by atoms with E-state index < -0.39 is 0 Å². The molecule has 2 atom stereocenters. The highest BCUT2D eigenvalue weighted by Gasteiger charge is 2.34. The first-order valence-electron chi connectivity index (χ1n) is 8.00. The number of hydrogen-bond acceptors (Lipinski definition) is 3. The van der Waals surface area contributed by atoms with Crippen LogP contribution in [-0.4, -0.2) is 35.1 Å². The summed E-state index contributed by atoms with van der Waals surface area (Å²) in [6.45, 7) is 12.0. The van der Waals surface area contributed by atoms with Gasteiger partial charge in [-0.05, 0) is 50.9 Å². The van der Waals surface area contributed by atoms with Crippen molar-refractivity contribution >= 4 is 0 Å². The Morgan fingerprint density at radius 3 is 2.70 bits per heavy atom. The molecule has 1 fully saturated rings. The Morgan fingerprint density at radius 2 is 2.15 bits per heavy atom. The van der Waals surface area contributed by atoms with Crippen molar-refractivity contribution in [2.24, 2.45) is 5.92 Å². The molecule has 1 N–H and O–H groups in total. The van der Waals surface area contributed by atoms with E-state index in [0.717, 1.165) is 37.3 Å². The standard InChI is InChI=1S/C17H29N3/c1-5-20(12-16-8-6-7-14(4)19-16)17-10-9-15(17)11-18-13(2)3/h6-8,13,15,17-18H,5,9-12H2,1-4H3. The number of rotatable bonds is 7. The van der Waals surface area contributed by atoms with Crippen molar-refractivity contribution in [1.82, 2.24) is 15.2 Å². The van der Waals surface area contributed by atoms with Crippen molar-refractivity contribution in [3.05, 3.63) is 29.6 Å². The Bertz CT molecular complexity index is 416. The lowest BCUT2D eigenvalue weighted by Crippen LogP contribution is -2.50. The van der Waals surface area contributed by atoms with Gasteiger partial charge in [0.25, 0.3) is 0 Å². The van der Waals surface area contributed by atoms with Gasteiger partial charge in [-0.1, -0.05) is 26.8 Å². The summed E-state index contributed by atoms with van der Waals surface area (Å²) in [5.74, 6) is 0.808. The van der Waals surface area contributed by atoms with Crippen molar-refractivity contribution in [2.75, 3.05) is 13.1 Å². The van der Waals surface area contributed by atoms with Gasteiger partial charge >= 0.3 is 0 Å². The molecule has 3 heteroatoms. The van der Waals surface area contributed by atoms with Crippen LogP contribution >= 0.6 is 0 Å². The van der Waals surface area contributed by atoms with Crippen LogP contribution in [0.1, 0.15) is 45.0 Å². The smallest absolute Gasteiger partial charge is 0.0547 e. The zero-order valence-corrected chi connectivity index (χ0v) is 13.4. The fourth-order valence-corrected chi connectivity index (χ4v) is 3.02. The van der Waals surface area contributed by atoms with E-state index in [4.69, 9.17) is 0 Å². The lowest BCUT2D eigenvalue weighted by atomic mass is 9.78. The zero-order chi connectivity index (χ0) is 14.5. The SMILES string of the molecule is CCN(Cc1cccc(C)n1)C1CCC1CNC(C)C. The van der Waals surface area contributed by atoms with Crippen LogP contribution in [0.15, 0.2) is 18.2 Å². The summed E-state index contributed by atoms with van der Waals surface area (Å²) >= 11 is 0. The largest absolute Gasteiger partial charge is 0.314 e. The summed E-state index contributed by atoms with van der Waals surface area (Å²) in [6.07, 6.45) is 2.70. The fourth-order valence-electron chi connectivity index (χ4n) is 3.02. The average molecular weight is 275 g/mol. The van der Waals surface area contributed by atoms with Crippen LogP contribution in [0.2, 0.25) is 0 Å². The van der Waals surface area contributed by atoms with Crippen molar-refractivity contribution in [1.29, 1.82) is 0 Å². The van der Waals surface area contributed by atoms with Crippen LogP contribution in [0.3, 0.4) is 0 Å². The van der Waals surface area contributed by atoms with Crippen LogP contribution < -0.4 is 5.32 Å². The molecule has 1 aromatic heterocycles. The zero-order valence-electron chi connectivity index (χ0n) is 13.4. The van der Waals surface area contributed by atoms with E-state index in [2.05, 4.69) is 61.1 Å². The van der Waals surface area contributed by atoms with E-state index in [1.165, 1.54) is 18.5 Å². The minimum atomic E-state index is 0.588. The van der Waals surface area contributed by atoms with Crippen molar-refractivity contribution in [3.63, 3.8) is 0 Å². The summed E-state index contributed by atoms with van der Waals surface area (Å²) in [5.41, 5.74) is 2.32. The van der Waals surface area contributed by atoms with E-state index >= 15 is 0 Å². The molecular formula is C17H29N3. The molecule has 1 aromatic rings. The normalized spacial score (nSPS) is 22.3. The Labute approximate surface area is 123 Å². The summed E-state index contributed by atoms with van der Waals surface area (Å²) in [7, 11) is 0. The quantitative estimate of drug-likeness (QED) is 0.829. The molecular weight excluding hydrogens is 246 g/mol. The third kappa shape index (κ3) is 4.03. The van der Waals surface area contributed by atoms with E-state index in [1.807, 2.05) is 0 Å². The molecule has 112 valence electrons. The van der Waals surface area contributed by atoms with Crippen LogP contribution in [0.25, 0.3) is 0 Å². The van der Waals surface area contributed by atoms with Gasteiger partial charge in [0.2, 0.25) is 0 Å². The van der Waals surface area contributed by atoms with E-state index in [9.17, 15) is 0 Å². The highest BCUT2D eigenvalue weighted by Crippen LogP contribution is 2.32. The molecule has 1 aliphatic carbocycles. The van der Waals surface area contributed by atoms with Gasteiger partial charge in [0.05, 0.1) is 5.69 Å². The van der Waals surface area contributed by atoms with E-state index in [-0.39, 0.29) is 0 Å². The number of nitrogens with one attached hydrogen (secondary N) is 1. The number of aryl methyl sites for hydroxylation is 1. The number of nitrogens with zero attached hydrogens (tertiary/aromatic N) is 2. The Balaban J connectivity index is 1.91. The van der Waals surface area contributed by atoms with E-state index in [0.29, 0.717) is 6.04 Å². The van der Waals surface area contributed by atoms with Crippen LogP contribution in [0, 0.1) is 12.8 Å². The number of aromatic nitrogens is 1. The van der Waals surface area contributed by atoms with Crippen LogP contribution in [-0.2, 0) is 6.54 Å². The lowest BCUT2D eigenvalue weighted by molar-refractivity contribution is 0.0578. The molecule has 0 aromatic carbocycles. The van der Waals surface area contributed by atoms with Gasteiger partial charge in [-0.25, -0.2) is 0 Å². The first-order chi connectivity index (χ1) is 9.60. The molecule has 1 saturated carbocycles. The molecule has 20 heavy (non-hydrogen) atoms. The highest BCUT2D eigenvalue weighted by atomic mass is 15.2. The average Bonchev–Trinajstić information content (AvgIpc) is 2.36. The third-order valence-corrected chi connectivity index (χ3v) is 4.35. The fraction of sp³-hybridized carbons (Fsp3) is 0.706. The molecule has 2 rings (SSSR count). The van der Waals surface area contributed by atoms with Gasteiger partial charge in [0.1, 0.15) is 0 Å². The predicted octanol–water partition coefficient (Wildman–Crippen LogP) is 2.99. The topological polar surface area (TPSA) is 28.2 Å². The van der Waals surface area contributed by atoms with Crippen LogP contribution in [0.4, 0.5) is 0 Å². The van der Waals surface area contributed by atoms with Gasteiger partial charge in [0, 0.05) is 24.3 Å². The van der Waals surface area contributed by atoms with Gasteiger partial charge in [-0.3, -0.25) is 9.88 Å². The molecule has 0 aliphatic heterocycles. The maximum Gasteiger partial charge on any atom is 0.0547 e.